The molecule has 17 heavy (non-hydrogen) atoms. The van der Waals surface area contributed by atoms with Crippen molar-refractivity contribution in [2.24, 2.45) is 5.92 Å². The van der Waals surface area contributed by atoms with Crippen molar-refractivity contribution in [1.82, 2.24) is 16.0 Å². The topological polar surface area (TPSA) is 62.4 Å². The fourth-order valence-corrected chi connectivity index (χ4v) is 4.37. The first-order chi connectivity index (χ1) is 8.25. The number of hydrogen-bond donors (Lipinski definition) is 3. The van der Waals surface area contributed by atoms with Crippen LogP contribution >= 0.6 is 0 Å². The van der Waals surface area contributed by atoms with Crippen LogP contribution in [0.4, 0.5) is 4.79 Å². The van der Waals surface area contributed by atoms with Crippen LogP contribution in [-0.4, -0.2) is 36.5 Å². The van der Waals surface area contributed by atoms with E-state index in [0.29, 0.717) is 18.0 Å². The second-order valence-electron chi connectivity index (χ2n) is 5.99. The van der Waals surface area contributed by atoms with Crippen LogP contribution in [0.5, 0.6) is 0 Å². The van der Waals surface area contributed by atoms with Crippen LogP contribution in [0.2, 0.25) is 0 Å². The minimum atomic E-state index is -0.0544. The molecule has 3 N–H and O–H groups in total. The summed E-state index contributed by atoms with van der Waals surface area (Å²) in [6.45, 7) is 0.780. The third-order valence-electron chi connectivity index (χ3n) is 4.99. The second-order valence-corrected chi connectivity index (χ2v) is 5.99. The zero-order valence-corrected chi connectivity index (χ0v) is 9.87. The maximum absolute atomic E-state index is 11.8. The first-order valence-electron chi connectivity index (χ1n) is 6.71. The highest BCUT2D eigenvalue weighted by Gasteiger charge is 2.55. The van der Waals surface area contributed by atoms with E-state index in [1.807, 2.05) is 0 Å². The largest absolute Gasteiger partial charge is 0.358 e. The highest BCUT2D eigenvalue weighted by molar-refractivity contribution is 5.76. The number of urea groups is 1. The van der Waals surface area contributed by atoms with Gasteiger partial charge in [-0.05, 0) is 32.1 Å². The first kappa shape index (κ1) is 10.1. The Hall–Kier alpha value is -0.810. The van der Waals surface area contributed by atoms with Gasteiger partial charge in [0.15, 0.2) is 0 Å². The van der Waals surface area contributed by atoms with E-state index in [1.54, 1.807) is 0 Å². The number of hydrogen-bond acceptors (Lipinski definition) is 3. The molecule has 2 bridgehead atoms. The highest BCUT2D eigenvalue weighted by Crippen LogP contribution is 2.44. The molecule has 0 aromatic heterocycles. The van der Waals surface area contributed by atoms with Crippen LogP contribution in [0.3, 0.4) is 0 Å². The number of fused-ring (bicyclic) bond motifs is 4. The third kappa shape index (κ3) is 1.42. The lowest BCUT2D eigenvalue weighted by atomic mass is 9.71. The maximum atomic E-state index is 11.8. The van der Waals surface area contributed by atoms with Gasteiger partial charge in [0.1, 0.15) is 6.23 Å². The van der Waals surface area contributed by atoms with Crippen molar-refractivity contribution in [3.05, 3.63) is 0 Å². The molecule has 4 aliphatic rings. The predicted octanol–water partition coefficient (Wildman–Crippen LogP) is 0.315. The fraction of sp³-hybridized carbons (Fsp3) is 0.917. The number of carbonyl (C=O) groups excluding carboxylic acids is 1. The minimum absolute atomic E-state index is 0.0133. The van der Waals surface area contributed by atoms with Crippen LogP contribution in [0.15, 0.2) is 0 Å². The smallest absolute Gasteiger partial charge is 0.317 e. The zero-order chi connectivity index (χ0) is 11.5. The molecule has 5 nitrogen and oxygen atoms in total. The molecule has 2 amide bonds. The summed E-state index contributed by atoms with van der Waals surface area (Å²) in [6.07, 6.45) is 5.67. The molecular formula is C12H19N3O2. The summed E-state index contributed by atoms with van der Waals surface area (Å²) in [5.41, 5.74) is -0.0133. The predicted molar refractivity (Wildman–Crippen MR) is 61.4 cm³/mol. The molecule has 4 rings (SSSR count). The highest BCUT2D eigenvalue weighted by atomic mass is 16.5. The second kappa shape index (κ2) is 3.36. The zero-order valence-electron chi connectivity index (χ0n) is 9.87. The Morgan fingerprint density at radius 1 is 1.18 bits per heavy atom. The standard InChI is InChI=1S/C12H19N3O2/c16-11-14-10-9(3-4-17-10)12(15-11)5-7-1-2-8(6-12)13-7/h7-10,13H,1-6H2,(H2,14,15,16)/t7?,8?,9-,10+,12?/m1/s1. The Kier molecular flexibility index (Phi) is 2.00. The summed E-state index contributed by atoms with van der Waals surface area (Å²) in [4.78, 5) is 11.8. The average molecular weight is 237 g/mol. The van der Waals surface area contributed by atoms with Gasteiger partial charge < -0.3 is 20.7 Å². The Balaban J connectivity index is 1.67. The molecular weight excluding hydrogens is 218 g/mol. The number of ether oxygens (including phenoxy) is 1. The first-order valence-corrected chi connectivity index (χ1v) is 6.71. The van der Waals surface area contributed by atoms with Gasteiger partial charge >= 0.3 is 6.03 Å². The van der Waals surface area contributed by atoms with Crippen molar-refractivity contribution in [3.63, 3.8) is 0 Å². The molecule has 0 radical (unpaired) electrons. The number of piperidine rings is 1. The van der Waals surface area contributed by atoms with Gasteiger partial charge in [-0.1, -0.05) is 0 Å². The summed E-state index contributed by atoms with van der Waals surface area (Å²) in [6, 6.07) is 1.14. The van der Waals surface area contributed by atoms with Crippen LogP contribution in [0.1, 0.15) is 32.1 Å². The summed E-state index contributed by atoms with van der Waals surface area (Å²) in [5, 5.41) is 9.79. The minimum Gasteiger partial charge on any atom is -0.358 e. The van der Waals surface area contributed by atoms with E-state index in [0.717, 1.165) is 25.9 Å². The van der Waals surface area contributed by atoms with Gasteiger partial charge in [-0.2, -0.15) is 0 Å². The molecule has 5 heteroatoms. The summed E-state index contributed by atoms with van der Waals surface area (Å²) in [5.74, 6) is 0.449. The van der Waals surface area contributed by atoms with Crippen molar-refractivity contribution < 1.29 is 9.53 Å². The van der Waals surface area contributed by atoms with Crippen molar-refractivity contribution in [2.45, 2.75) is 56.0 Å². The quantitative estimate of drug-likeness (QED) is 0.568. The van der Waals surface area contributed by atoms with Crippen LogP contribution in [0.25, 0.3) is 0 Å². The van der Waals surface area contributed by atoms with Gasteiger partial charge in [-0.15, -0.1) is 0 Å². The molecule has 4 heterocycles. The van der Waals surface area contributed by atoms with E-state index >= 15 is 0 Å². The molecule has 4 atom stereocenters. The molecule has 4 saturated heterocycles. The Labute approximate surface area is 101 Å². The molecule has 2 unspecified atom stereocenters. The van der Waals surface area contributed by atoms with Gasteiger partial charge in [-0.3, -0.25) is 0 Å². The van der Waals surface area contributed by atoms with E-state index in [2.05, 4.69) is 16.0 Å². The summed E-state index contributed by atoms with van der Waals surface area (Å²) in [7, 11) is 0. The maximum Gasteiger partial charge on any atom is 0.317 e. The Morgan fingerprint density at radius 2 is 1.94 bits per heavy atom. The van der Waals surface area contributed by atoms with E-state index in [-0.39, 0.29) is 17.8 Å². The number of amides is 2. The van der Waals surface area contributed by atoms with E-state index in [4.69, 9.17) is 4.74 Å². The Bertz CT molecular complexity index is 348. The van der Waals surface area contributed by atoms with Crippen molar-refractivity contribution in [2.75, 3.05) is 6.61 Å². The monoisotopic (exact) mass is 237 g/mol. The van der Waals surface area contributed by atoms with Crippen LogP contribution in [0, 0.1) is 5.92 Å². The van der Waals surface area contributed by atoms with Crippen molar-refractivity contribution in [3.8, 4) is 0 Å². The molecule has 0 aromatic rings. The molecule has 0 saturated carbocycles. The number of rotatable bonds is 0. The average Bonchev–Trinajstić information content (AvgIpc) is 2.86. The molecule has 4 fully saturated rings. The van der Waals surface area contributed by atoms with Gasteiger partial charge in [0.05, 0.1) is 5.54 Å². The Morgan fingerprint density at radius 3 is 2.71 bits per heavy atom. The normalized spacial score (nSPS) is 52.1. The molecule has 4 aliphatic heterocycles. The molecule has 0 aromatic carbocycles. The number of nitrogens with one attached hydrogen (secondary N) is 3. The van der Waals surface area contributed by atoms with Crippen molar-refractivity contribution >= 4 is 6.03 Å². The van der Waals surface area contributed by atoms with Gasteiger partial charge in [0.25, 0.3) is 0 Å². The molecule has 0 aliphatic carbocycles. The van der Waals surface area contributed by atoms with Gasteiger partial charge in [-0.25, -0.2) is 4.79 Å². The van der Waals surface area contributed by atoms with Gasteiger partial charge in [0.2, 0.25) is 0 Å². The lowest BCUT2D eigenvalue weighted by Gasteiger charge is -2.50. The molecule has 94 valence electrons. The summed E-state index contributed by atoms with van der Waals surface area (Å²) < 4.78 is 5.65. The van der Waals surface area contributed by atoms with Gasteiger partial charge in [0, 0.05) is 24.6 Å². The van der Waals surface area contributed by atoms with Crippen molar-refractivity contribution in [1.29, 1.82) is 0 Å². The van der Waals surface area contributed by atoms with Crippen LogP contribution in [-0.2, 0) is 4.74 Å². The lowest BCUT2D eigenvalue weighted by Crippen LogP contribution is -2.70. The third-order valence-corrected chi connectivity index (χ3v) is 4.99. The number of carbonyl (C=O) groups is 1. The summed E-state index contributed by atoms with van der Waals surface area (Å²) >= 11 is 0. The SMILES string of the molecule is O=C1N[C@H]2OCC[C@H]2C2(CC3CCC(C2)N3)N1. The van der Waals surface area contributed by atoms with E-state index in [9.17, 15) is 4.79 Å². The fourth-order valence-electron chi connectivity index (χ4n) is 4.37. The van der Waals surface area contributed by atoms with Crippen LogP contribution < -0.4 is 16.0 Å². The lowest BCUT2D eigenvalue weighted by molar-refractivity contribution is 0.00726. The van der Waals surface area contributed by atoms with E-state index < -0.39 is 0 Å². The van der Waals surface area contributed by atoms with E-state index in [1.165, 1.54) is 12.8 Å². The molecule has 1 spiro atoms.